The van der Waals surface area contributed by atoms with Crippen LogP contribution in [0.5, 0.6) is 5.75 Å². The van der Waals surface area contributed by atoms with E-state index in [2.05, 4.69) is 69.3 Å². The first-order valence-electron chi connectivity index (χ1n) is 11.2. The maximum atomic E-state index is 12.9. The van der Waals surface area contributed by atoms with Gasteiger partial charge in [-0.25, -0.2) is 0 Å². The van der Waals surface area contributed by atoms with E-state index in [1.165, 1.54) is 10.4 Å². The van der Waals surface area contributed by atoms with Gasteiger partial charge >= 0.3 is 8.32 Å². The molecule has 0 spiro atoms. The lowest BCUT2D eigenvalue weighted by Gasteiger charge is -2.43. The second kappa shape index (κ2) is 9.24. The van der Waals surface area contributed by atoms with Crippen LogP contribution in [-0.2, 0) is 9.22 Å². The van der Waals surface area contributed by atoms with Gasteiger partial charge in [-0.2, -0.15) is 0 Å². The average molecular weight is 455 g/mol. The average Bonchev–Trinajstić information content (AvgIpc) is 3.17. The molecule has 0 amide bonds. The Morgan fingerprint density at radius 3 is 1.85 bits per heavy atom. The van der Waals surface area contributed by atoms with Gasteiger partial charge in [-0.05, 0) is 45.3 Å². The minimum atomic E-state index is -2.80. The van der Waals surface area contributed by atoms with Crippen molar-refractivity contribution in [2.75, 3.05) is 7.11 Å². The molecular formula is C29H30O3Si. The fraction of sp³-hybridized carbons (Fsp3) is 0.207. The molecule has 0 aromatic heterocycles. The summed E-state index contributed by atoms with van der Waals surface area (Å²) in [4.78, 5) is 12.9. The molecule has 0 unspecified atom stereocenters. The van der Waals surface area contributed by atoms with E-state index in [4.69, 9.17) is 9.16 Å². The molecule has 0 fully saturated rings. The van der Waals surface area contributed by atoms with E-state index in [1.807, 2.05) is 48.6 Å². The summed E-state index contributed by atoms with van der Waals surface area (Å²) >= 11 is 0. The highest BCUT2D eigenvalue weighted by Gasteiger charge is 2.53. The van der Waals surface area contributed by atoms with E-state index < -0.39 is 8.32 Å². The van der Waals surface area contributed by atoms with Crippen LogP contribution in [0.1, 0.15) is 32.8 Å². The Kier molecular flexibility index (Phi) is 6.39. The molecule has 0 radical (unpaired) electrons. The van der Waals surface area contributed by atoms with Crippen molar-refractivity contribution in [3.05, 3.63) is 108 Å². The summed E-state index contributed by atoms with van der Waals surface area (Å²) in [7, 11) is -1.15. The molecule has 1 aliphatic rings. The fourth-order valence-corrected chi connectivity index (χ4v) is 8.93. The lowest BCUT2D eigenvalue weighted by molar-refractivity contribution is -0.114. The third-order valence-corrected chi connectivity index (χ3v) is 11.1. The second-order valence-electron chi connectivity index (χ2n) is 9.29. The first kappa shape index (κ1) is 22.8. The van der Waals surface area contributed by atoms with Gasteiger partial charge in [0.2, 0.25) is 0 Å². The standard InChI is InChI=1S/C29H30O3Si/c1-29(2,3)33(24-11-7-5-8-12-24,25-13-9-6-10-14-25)32-28-20-19-27(30)26(28)21-22-15-17-23(31-4)18-16-22/h5-18,20-21H,19H2,1-4H3. The Balaban J connectivity index is 1.83. The van der Waals surface area contributed by atoms with Crippen LogP contribution in [0.25, 0.3) is 6.08 Å². The monoisotopic (exact) mass is 454 g/mol. The van der Waals surface area contributed by atoms with E-state index in [-0.39, 0.29) is 10.8 Å². The van der Waals surface area contributed by atoms with E-state index >= 15 is 0 Å². The number of carbonyl (C=O) groups excluding carboxylic acids is 1. The molecule has 0 aliphatic heterocycles. The van der Waals surface area contributed by atoms with Gasteiger partial charge in [-0.15, -0.1) is 0 Å². The van der Waals surface area contributed by atoms with Crippen molar-refractivity contribution in [1.29, 1.82) is 0 Å². The lowest BCUT2D eigenvalue weighted by Crippen LogP contribution is -2.66. The summed E-state index contributed by atoms with van der Waals surface area (Å²) in [5.74, 6) is 1.55. The van der Waals surface area contributed by atoms with Crippen molar-refractivity contribution in [3.63, 3.8) is 0 Å². The van der Waals surface area contributed by atoms with Crippen molar-refractivity contribution in [3.8, 4) is 5.75 Å². The van der Waals surface area contributed by atoms with Gasteiger partial charge in [0.25, 0.3) is 0 Å². The van der Waals surface area contributed by atoms with Crippen LogP contribution >= 0.6 is 0 Å². The number of allylic oxidation sites excluding steroid dienone is 2. The van der Waals surface area contributed by atoms with Gasteiger partial charge in [0.1, 0.15) is 11.5 Å². The van der Waals surface area contributed by atoms with Crippen LogP contribution in [0.4, 0.5) is 0 Å². The maximum absolute atomic E-state index is 12.9. The lowest BCUT2D eigenvalue weighted by atomic mass is 10.1. The van der Waals surface area contributed by atoms with Gasteiger partial charge in [0, 0.05) is 6.42 Å². The quantitative estimate of drug-likeness (QED) is 0.364. The Bertz CT molecular complexity index is 1130. The van der Waals surface area contributed by atoms with Crippen LogP contribution in [0.15, 0.2) is 102 Å². The van der Waals surface area contributed by atoms with Crippen molar-refractivity contribution in [1.82, 2.24) is 0 Å². The van der Waals surface area contributed by atoms with Crippen molar-refractivity contribution < 1.29 is 14.0 Å². The van der Waals surface area contributed by atoms with Gasteiger partial charge < -0.3 is 9.16 Å². The largest absolute Gasteiger partial charge is 0.534 e. The summed E-state index contributed by atoms with van der Waals surface area (Å²) in [6, 6.07) is 28.7. The van der Waals surface area contributed by atoms with Gasteiger partial charge in [-0.3, -0.25) is 4.79 Å². The number of Topliss-reactive ketones (excluding diaryl/α,β-unsaturated/α-hetero) is 1. The van der Waals surface area contributed by atoms with E-state index in [1.54, 1.807) is 7.11 Å². The summed E-state index contributed by atoms with van der Waals surface area (Å²) in [5, 5.41) is 2.20. The van der Waals surface area contributed by atoms with Crippen molar-refractivity contribution >= 4 is 30.6 Å². The number of ether oxygens (including phenoxy) is 1. The number of methoxy groups -OCH3 is 1. The normalized spacial score (nSPS) is 15.5. The van der Waals surface area contributed by atoms with Crippen LogP contribution in [0, 0.1) is 0 Å². The number of carbonyl (C=O) groups is 1. The molecule has 3 nitrogen and oxygen atoms in total. The summed E-state index contributed by atoms with van der Waals surface area (Å²) in [6.45, 7) is 6.72. The van der Waals surface area contributed by atoms with Crippen molar-refractivity contribution in [2.45, 2.75) is 32.2 Å². The number of benzene rings is 3. The number of hydrogen-bond acceptors (Lipinski definition) is 3. The molecule has 1 aliphatic carbocycles. The molecule has 0 atom stereocenters. The van der Waals surface area contributed by atoms with Crippen LogP contribution in [0.2, 0.25) is 5.04 Å². The summed E-state index contributed by atoms with van der Waals surface area (Å²) in [5.41, 5.74) is 1.58. The zero-order chi connectivity index (χ0) is 23.5. The Morgan fingerprint density at radius 2 is 1.36 bits per heavy atom. The van der Waals surface area contributed by atoms with E-state index in [9.17, 15) is 4.79 Å². The molecule has 0 saturated carbocycles. The van der Waals surface area contributed by atoms with Crippen LogP contribution in [-0.4, -0.2) is 21.2 Å². The third kappa shape index (κ3) is 4.44. The van der Waals surface area contributed by atoms with E-state index in [0.29, 0.717) is 17.8 Å². The highest BCUT2D eigenvalue weighted by atomic mass is 28.4. The Morgan fingerprint density at radius 1 is 0.818 bits per heavy atom. The van der Waals surface area contributed by atoms with Gasteiger partial charge in [0.05, 0.1) is 12.7 Å². The molecule has 4 heteroatoms. The fourth-order valence-electron chi connectivity index (χ4n) is 4.47. The number of hydrogen-bond donors (Lipinski definition) is 0. The Labute approximate surface area is 197 Å². The second-order valence-corrected chi connectivity index (χ2v) is 13.5. The molecule has 0 heterocycles. The van der Waals surface area contributed by atoms with Crippen LogP contribution in [0.3, 0.4) is 0 Å². The predicted octanol–water partition coefficient (Wildman–Crippen LogP) is 5.51. The minimum Gasteiger partial charge on any atom is -0.534 e. The molecule has 33 heavy (non-hydrogen) atoms. The number of ketones is 1. The van der Waals surface area contributed by atoms with Crippen LogP contribution < -0.4 is 15.1 Å². The zero-order valence-electron chi connectivity index (χ0n) is 19.7. The highest BCUT2D eigenvalue weighted by Crippen LogP contribution is 2.40. The third-order valence-electron chi connectivity index (χ3n) is 6.15. The van der Waals surface area contributed by atoms with Crippen molar-refractivity contribution in [2.24, 2.45) is 0 Å². The zero-order valence-corrected chi connectivity index (χ0v) is 20.7. The highest BCUT2D eigenvalue weighted by molar-refractivity contribution is 6.99. The van der Waals surface area contributed by atoms with Gasteiger partial charge in [0.15, 0.2) is 5.78 Å². The topological polar surface area (TPSA) is 35.5 Å². The Hall–Kier alpha value is -3.37. The molecule has 3 aromatic carbocycles. The molecule has 168 valence electrons. The smallest absolute Gasteiger partial charge is 0.319 e. The SMILES string of the molecule is COc1ccc(C=C2C(=O)CC=C2O[Si](c2ccccc2)(c2ccccc2)C(C)(C)C)cc1. The van der Waals surface area contributed by atoms with Gasteiger partial charge in [-0.1, -0.05) is 93.6 Å². The predicted molar refractivity (Wildman–Crippen MR) is 137 cm³/mol. The molecule has 4 rings (SSSR count). The molecule has 0 bridgehead atoms. The number of rotatable bonds is 6. The summed E-state index contributed by atoms with van der Waals surface area (Å²) < 4.78 is 12.4. The first-order valence-corrected chi connectivity index (χ1v) is 13.2. The minimum absolute atomic E-state index is 0.0822. The maximum Gasteiger partial charge on any atom is 0.319 e. The molecule has 0 saturated heterocycles. The molecule has 0 N–H and O–H groups in total. The van der Waals surface area contributed by atoms with E-state index in [0.717, 1.165) is 11.3 Å². The first-order chi connectivity index (χ1) is 15.8. The summed E-state index contributed by atoms with van der Waals surface area (Å²) in [6.07, 6.45) is 4.23. The molecule has 3 aromatic rings. The molecular weight excluding hydrogens is 424 g/mol.